The average molecular weight is 108 g/mol. The highest BCUT2D eigenvalue weighted by Gasteiger charge is 2.09. The van der Waals surface area contributed by atoms with Crippen molar-refractivity contribution >= 4 is 0 Å². The molecule has 0 aromatic carbocycles. The lowest BCUT2D eigenvalue weighted by Gasteiger charge is -1.50. The third-order valence-corrected chi connectivity index (χ3v) is 0.972. The van der Waals surface area contributed by atoms with Gasteiger partial charge in [-0.05, 0) is 19.2 Å². The molecular formula is C6H8N2. The van der Waals surface area contributed by atoms with Gasteiger partial charge in [-0.15, -0.1) is 0 Å². The third kappa shape index (κ3) is 0.699. The van der Waals surface area contributed by atoms with Gasteiger partial charge in [0, 0.05) is 11.8 Å². The minimum atomic E-state index is 1.18. The van der Waals surface area contributed by atoms with Crippen LogP contribution in [0.1, 0.15) is 0 Å². The molecule has 2 heteroatoms. The van der Waals surface area contributed by atoms with Gasteiger partial charge in [0.05, 0.1) is 5.69 Å². The first-order valence-corrected chi connectivity index (χ1v) is 2.51. The molecule has 42 valence electrons. The average Bonchev–Trinajstić information content (AvgIpc) is 2.46. The van der Waals surface area contributed by atoms with Crippen LogP contribution in [-0.2, 0) is 0 Å². The van der Waals surface area contributed by atoms with E-state index < -0.39 is 0 Å². The normalized spacial score (nSPS) is 9.25. The van der Waals surface area contributed by atoms with Crippen molar-refractivity contribution < 1.29 is 0 Å². The van der Waals surface area contributed by atoms with Crippen molar-refractivity contribution in [1.82, 2.24) is 4.98 Å². The zero-order valence-electron chi connectivity index (χ0n) is 4.76. The zero-order chi connectivity index (χ0) is 5.98. The number of hydrogen-bond donors (Lipinski definition) is 1. The monoisotopic (exact) mass is 108 g/mol. The molecule has 0 aromatic rings. The van der Waals surface area contributed by atoms with Crippen LogP contribution in [0, 0.1) is 0 Å². The van der Waals surface area contributed by atoms with Gasteiger partial charge in [-0.1, -0.05) is 0 Å². The molecule has 0 radical (unpaired) electrons. The van der Waals surface area contributed by atoms with Crippen molar-refractivity contribution in [3.05, 3.63) is 18.3 Å². The lowest BCUT2D eigenvalue weighted by molar-refractivity contribution is 1.45. The van der Waals surface area contributed by atoms with Crippen molar-refractivity contribution in [2.24, 2.45) is 5.73 Å². The zero-order valence-corrected chi connectivity index (χ0v) is 4.76. The molecule has 0 bridgehead atoms. The molecule has 2 nitrogen and oxygen atoms in total. The number of nitrogens with zero attached hydrogens (tertiary/aromatic N) is 1. The predicted octanol–water partition coefficient (Wildman–Crippen LogP) is 0.637. The quantitative estimate of drug-likeness (QED) is 0.537. The van der Waals surface area contributed by atoms with Gasteiger partial charge in [0.2, 0.25) is 0 Å². The van der Waals surface area contributed by atoms with E-state index >= 15 is 0 Å². The molecule has 0 atom stereocenters. The fraction of sp³-hybridized carbons (Fsp3) is 0.167. The molecule has 1 aliphatic heterocycles. The maximum absolute atomic E-state index is 4.50. The summed E-state index contributed by atoms with van der Waals surface area (Å²) in [5.41, 5.74) is 6.99. The van der Waals surface area contributed by atoms with E-state index in [0.29, 0.717) is 0 Å². The van der Waals surface area contributed by atoms with Crippen molar-refractivity contribution in [2.45, 2.75) is 0 Å². The van der Waals surface area contributed by atoms with E-state index in [2.05, 4.69) is 16.8 Å². The first-order chi connectivity index (χ1) is 3.97. The summed E-state index contributed by atoms with van der Waals surface area (Å²) in [7, 11) is 1.50. The summed E-state index contributed by atoms with van der Waals surface area (Å²) in [6, 6.07) is 4.06. The lowest BCUT2D eigenvalue weighted by atomic mass is 10.6. The van der Waals surface area contributed by atoms with Crippen LogP contribution < -0.4 is 5.73 Å². The van der Waals surface area contributed by atoms with Crippen LogP contribution in [0.2, 0.25) is 0 Å². The number of rotatable bonds is 0. The van der Waals surface area contributed by atoms with Crippen LogP contribution in [-0.4, -0.2) is 12.0 Å². The Balaban J connectivity index is 0.000000147. The summed E-state index contributed by atoms with van der Waals surface area (Å²) in [5, 5.41) is 0. The van der Waals surface area contributed by atoms with Gasteiger partial charge in [0.25, 0.3) is 0 Å². The SMILES string of the molecule is CN.c1cc2cc-2n1. The Morgan fingerprint density at radius 3 is 2.38 bits per heavy atom. The summed E-state index contributed by atoms with van der Waals surface area (Å²) < 4.78 is 0. The van der Waals surface area contributed by atoms with Crippen molar-refractivity contribution in [1.29, 1.82) is 0 Å². The number of nitrogens with two attached hydrogens (primary N) is 1. The molecule has 2 N–H and O–H groups in total. The van der Waals surface area contributed by atoms with Gasteiger partial charge in [0.15, 0.2) is 0 Å². The molecule has 1 heterocycles. The second-order valence-corrected chi connectivity index (χ2v) is 1.43. The number of pyridine rings is 1. The first kappa shape index (κ1) is 5.25. The highest BCUT2D eigenvalue weighted by molar-refractivity contribution is 5.75. The standard InChI is InChI=1S/C5H3N.CH5N/c1-2-6-5-3-4(1)5;1-2/h1-3H;2H2,1H3. The van der Waals surface area contributed by atoms with Crippen molar-refractivity contribution in [3.63, 3.8) is 0 Å². The van der Waals surface area contributed by atoms with E-state index in [4.69, 9.17) is 0 Å². The smallest absolute Gasteiger partial charge is 0.0710 e. The van der Waals surface area contributed by atoms with Gasteiger partial charge in [-0.25, -0.2) is 0 Å². The van der Waals surface area contributed by atoms with Crippen molar-refractivity contribution in [2.75, 3.05) is 7.05 Å². The molecule has 0 amide bonds. The fourth-order valence-electron chi connectivity index (χ4n) is 0.554. The van der Waals surface area contributed by atoms with Gasteiger partial charge < -0.3 is 5.73 Å². The molecule has 0 saturated heterocycles. The Kier molecular flexibility index (Phi) is 1.26. The molecule has 0 fully saturated rings. The first-order valence-electron chi connectivity index (χ1n) is 2.51. The van der Waals surface area contributed by atoms with Crippen LogP contribution in [0.15, 0.2) is 18.3 Å². The highest BCUT2D eigenvalue weighted by Crippen LogP contribution is 2.29. The van der Waals surface area contributed by atoms with E-state index in [1.165, 1.54) is 18.3 Å². The molecule has 0 unspecified atom stereocenters. The van der Waals surface area contributed by atoms with Gasteiger partial charge in [-0.3, -0.25) is 4.98 Å². The summed E-state index contributed by atoms with van der Waals surface area (Å²) in [6.07, 6.45) is 1.82. The van der Waals surface area contributed by atoms with Crippen LogP contribution in [0.3, 0.4) is 0 Å². The van der Waals surface area contributed by atoms with E-state index in [9.17, 15) is 0 Å². The summed E-state index contributed by atoms with van der Waals surface area (Å²) in [6.45, 7) is 0. The number of fused-ring (bicyclic) bond motifs is 1. The fourth-order valence-corrected chi connectivity index (χ4v) is 0.554. The van der Waals surface area contributed by atoms with E-state index in [0.717, 1.165) is 0 Å². The third-order valence-electron chi connectivity index (χ3n) is 0.972. The number of hydrogen-bond acceptors (Lipinski definition) is 2. The predicted molar refractivity (Wildman–Crippen MR) is 33.3 cm³/mol. The number of aromatic nitrogens is 1. The van der Waals surface area contributed by atoms with Crippen LogP contribution in [0.25, 0.3) is 11.3 Å². The maximum atomic E-state index is 4.50. The van der Waals surface area contributed by atoms with E-state index in [-0.39, 0.29) is 0 Å². The Morgan fingerprint density at radius 2 is 2.25 bits per heavy atom. The second kappa shape index (κ2) is 1.92. The largest absolute Gasteiger partial charge is 0.333 e. The minimum Gasteiger partial charge on any atom is -0.333 e. The van der Waals surface area contributed by atoms with Crippen LogP contribution >= 0.6 is 0 Å². The summed E-state index contributed by atoms with van der Waals surface area (Å²) in [5.74, 6) is 0. The van der Waals surface area contributed by atoms with Crippen molar-refractivity contribution in [3.8, 4) is 11.3 Å². The Morgan fingerprint density at radius 1 is 1.50 bits per heavy atom. The van der Waals surface area contributed by atoms with Gasteiger partial charge in [-0.2, -0.15) is 0 Å². The molecule has 2 rings (SSSR count). The second-order valence-electron chi connectivity index (χ2n) is 1.43. The van der Waals surface area contributed by atoms with Gasteiger partial charge >= 0.3 is 0 Å². The Labute approximate surface area is 48.4 Å². The van der Waals surface area contributed by atoms with E-state index in [1.807, 2.05) is 12.3 Å². The van der Waals surface area contributed by atoms with Crippen LogP contribution in [0.4, 0.5) is 0 Å². The Hall–Kier alpha value is -0.890. The molecule has 0 spiro atoms. The molecule has 0 saturated carbocycles. The maximum Gasteiger partial charge on any atom is 0.0710 e. The molecule has 8 heavy (non-hydrogen) atoms. The lowest BCUT2D eigenvalue weighted by Crippen LogP contribution is -1.69. The summed E-state index contributed by atoms with van der Waals surface area (Å²) >= 11 is 0. The highest BCUT2D eigenvalue weighted by atomic mass is 14.7. The van der Waals surface area contributed by atoms with Crippen LogP contribution in [0.5, 0.6) is 0 Å². The van der Waals surface area contributed by atoms with Gasteiger partial charge in [0.1, 0.15) is 0 Å². The van der Waals surface area contributed by atoms with E-state index in [1.54, 1.807) is 0 Å². The molecule has 1 aliphatic carbocycles. The Bertz CT molecular complexity index is 166. The summed E-state index contributed by atoms with van der Waals surface area (Å²) in [4.78, 5) is 3.95. The minimum absolute atomic E-state index is 1.18. The molecule has 2 aliphatic rings. The molecular weight excluding hydrogens is 100 g/mol. The molecule has 0 aromatic heterocycles. The topological polar surface area (TPSA) is 38.9 Å².